The third-order valence-electron chi connectivity index (χ3n) is 10.6. The van der Waals surface area contributed by atoms with Gasteiger partial charge >= 0.3 is 0 Å². The van der Waals surface area contributed by atoms with Gasteiger partial charge in [0.15, 0.2) is 0 Å². The molecule has 1 aromatic heterocycles. The molecule has 3 aromatic rings. The van der Waals surface area contributed by atoms with Crippen LogP contribution in [0.1, 0.15) is 40.0 Å². The summed E-state index contributed by atoms with van der Waals surface area (Å²) in [6.45, 7) is 13.8. The fourth-order valence-corrected chi connectivity index (χ4v) is 8.15. The Kier molecular flexibility index (Phi) is 8.80. The van der Waals surface area contributed by atoms with E-state index in [0.717, 1.165) is 5.52 Å². The van der Waals surface area contributed by atoms with Crippen LogP contribution in [-0.2, 0) is 25.8 Å². The summed E-state index contributed by atoms with van der Waals surface area (Å²) in [5.41, 5.74) is -0.0756. The van der Waals surface area contributed by atoms with Crippen molar-refractivity contribution in [2.75, 3.05) is 24.6 Å². The summed E-state index contributed by atoms with van der Waals surface area (Å²) in [4.78, 5) is 49.3. The topological polar surface area (TPSA) is 121 Å². The van der Waals surface area contributed by atoms with Gasteiger partial charge in [-0.2, -0.15) is 0 Å². The smallest absolute Gasteiger partial charge is 0.250 e. The molecular formula is C36H44N6O5. The van der Waals surface area contributed by atoms with E-state index in [0.29, 0.717) is 30.5 Å². The Balaban J connectivity index is 1.45. The summed E-state index contributed by atoms with van der Waals surface area (Å²) in [5.74, 6) is -2.79. The number of para-hydroxylation sites is 2. The predicted octanol–water partition coefficient (Wildman–Crippen LogP) is 3.79. The quantitative estimate of drug-likeness (QED) is 0.282. The monoisotopic (exact) mass is 640 g/mol. The zero-order chi connectivity index (χ0) is 33.5. The van der Waals surface area contributed by atoms with Gasteiger partial charge in [0.1, 0.15) is 23.8 Å². The lowest BCUT2D eigenvalue weighted by atomic mass is 9.66. The molecule has 3 fully saturated rings. The summed E-state index contributed by atoms with van der Waals surface area (Å²) in [6, 6.07) is 15.1. The highest BCUT2D eigenvalue weighted by Gasteiger charge is 2.79. The van der Waals surface area contributed by atoms with Crippen molar-refractivity contribution in [1.82, 2.24) is 24.8 Å². The molecule has 3 aliphatic rings. The van der Waals surface area contributed by atoms with Crippen LogP contribution >= 0.6 is 0 Å². The Labute approximate surface area is 275 Å². The van der Waals surface area contributed by atoms with E-state index in [-0.39, 0.29) is 50.0 Å². The maximum absolute atomic E-state index is 15.0. The Morgan fingerprint density at radius 3 is 2.47 bits per heavy atom. The molecule has 0 saturated carbocycles. The summed E-state index contributed by atoms with van der Waals surface area (Å²) in [5, 5.41) is 19.3. The minimum Gasteiger partial charge on any atom is -0.394 e. The van der Waals surface area contributed by atoms with Crippen LogP contribution in [0, 0.1) is 17.8 Å². The number of carbonyl (C=O) groups excluding carboxylic acids is 3. The highest BCUT2D eigenvalue weighted by molar-refractivity contribution is 6.03. The molecule has 4 heterocycles. The Morgan fingerprint density at radius 2 is 1.79 bits per heavy atom. The largest absolute Gasteiger partial charge is 0.394 e. The lowest BCUT2D eigenvalue weighted by Gasteiger charge is -2.41. The van der Waals surface area contributed by atoms with Crippen molar-refractivity contribution < 1.29 is 24.2 Å². The summed E-state index contributed by atoms with van der Waals surface area (Å²) in [6.07, 6.45) is 4.91. The number of ether oxygens (including phenoxy) is 1. The predicted molar refractivity (Wildman–Crippen MR) is 178 cm³/mol. The highest BCUT2D eigenvalue weighted by atomic mass is 16.5. The maximum Gasteiger partial charge on any atom is 0.250 e. The third-order valence-corrected chi connectivity index (χ3v) is 10.6. The number of aliphatic hydroxyl groups is 1. The van der Waals surface area contributed by atoms with Crippen molar-refractivity contribution in [3.8, 4) is 0 Å². The van der Waals surface area contributed by atoms with Crippen molar-refractivity contribution in [3.05, 3.63) is 79.9 Å². The van der Waals surface area contributed by atoms with Crippen molar-refractivity contribution in [3.63, 3.8) is 0 Å². The van der Waals surface area contributed by atoms with Crippen molar-refractivity contribution in [2.45, 2.75) is 70.0 Å². The summed E-state index contributed by atoms with van der Waals surface area (Å²) < 4.78 is 8.57. The fourth-order valence-electron chi connectivity index (χ4n) is 8.15. The van der Waals surface area contributed by atoms with Gasteiger partial charge in [0.25, 0.3) is 0 Å². The molecule has 0 aliphatic carbocycles. The fraction of sp³-hybridized carbons (Fsp3) is 0.472. The van der Waals surface area contributed by atoms with Crippen LogP contribution < -0.4 is 4.90 Å². The lowest BCUT2D eigenvalue weighted by molar-refractivity contribution is -0.157. The van der Waals surface area contributed by atoms with Crippen LogP contribution in [0.2, 0.25) is 0 Å². The van der Waals surface area contributed by atoms with E-state index >= 15 is 4.79 Å². The van der Waals surface area contributed by atoms with Gasteiger partial charge in [0, 0.05) is 18.8 Å². The second kappa shape index (κ2) is 12.7. The zero-order valence-electron chi connectivity index (χ0n) is 27.4. The molecule has 3 aliphatic heterocycles. The number of fused-ring (bicyclic) bond motifs is 2. The molecule has 11 heteroatoms. The van der Waals surface area contributed by atoms with E-state index in [9.17, 15) is 14.7 Å². The highest BCUT2D eigenvalue weighted by Crippen LogP contribution is 2.64. The van der Waals surface area contributed by atoms with E-state index in [1.165, 1.54) is 0 Å². The Bertz CT molecular complexity index is 1680. The second-order valence-electron chi connectivity index (χ2n) is 13.3. The van der Waals surface area contributed by atoms with Gasteiger partial charge in [-0.15, -0.1) is 18.3 Å². The molecule has 2 bridgehead atoms. The Morgan fingerprint density at radius 1 is 1.09 bits per heavy atom. The molecule has 6 rings (SSSR count). The molecule has 3 amide bonds. The molecule has 2 unspecified atom stereocenters. The van der Waals surface area contributed by atoms with Gasteiger partial charge in [-0.05, 0) is 49.9 Å². The lowest BCUT2D eigenvalue weighted by Crippen LogP contribution is -2.60. The van der Waals surface area contributed by atoms with Crippen LogP contribution in [0.3, 0.4) is 0 Å². The second-order valence-corrected chi connectivity index (χ2v) is 13.3. The van der Waals surface area contributed by atoms with E-state index in [4.69, 9.17) is 4.74 Å². The molecule has 11 nitrogen and oxygen atoms in total. The van der Waals surface area contributed by atoms with Gasteiger partial charge in [-0.1, -0.05) is 68.0 Å². The number of aliphatic hydroxyl groups excluding tert-OH is 1. The molecule has 0 radical (unpaired) electrons. The average Bonchev–Trinajstić information content (AvgIpc) is 3.79. The molecule has 3 saturated heterocycles. The zero-order valence-corrected chi connectivity index (χ0v) is 27.4. The minimum atomic E-state index is -1.26. The first-order valence-electron chi connectivity index (χ1n) is 16.4. The molecule has 248 valence electrons. The number of benzene rings is 2. The standard InChI is InChI=1S/C36H44N6O5/c1-6-20-39(23-41-27-17-13-12-16-26(27)37-38-41)34(46)31-36-19-18-35(5,47-36)29(30(36)33(45)42(31)28(22-43)24(4)8-3)32(44)40(21-7-2)25-14-10-9-11-15-25/h6-7,9-17,24,28-31,43H,1-2,8,18-23H2,3-5H3/t24-,28-,29+,30-,31?,35-,36?/m0/s1. The van der Waals surface area contributed by atoms with Crippen molar-refractivity contribution >= 4 is 34.4 Å². The van der Waals surface area contributed by atoms with Crippen LogP contribution in [0.4, 0.5) is 5.69 Å². The molecule has 1 spiro atoms. The third kappa shape index (κ3) is 5.16. The van der Waals surface area contributed by atoms with Gasteiger partial charge in [0.2, 0.25) is 17.7 Å². The number of amides is 3. The SMILES string of the molecule is C=CCN(Cn1nnc2ccccc21)C(=O)C1N([C@@H](CO)[C@@H](C)CC)C(=O)[C@@H]2[C@H](C(=O)N(CC=C)c3ccccc3)[C@]3(C)CCC12O3. The van der Waals surface area contributed by atoms with E-state index < -0.39 is 35.1 Å². The van der Waals surface area contributed by atoms with Crippen LogP contribution in [-0.4, -0.2) is 90.6 Å². The van der Waals surface area contributed by atoms with Crippen molar-refractivity contribution in [1.29, 1.82) is 0 Å². The molecule has 2 aromatic carbocycles. The number of anilines is 1. The van der Waals surface area contributed by atoms with E-state index in [1.54, 1.807) is 31.5 Å². The number of aromatic nitrogens is 3. The number of hydrogen-bond donors (Lipinski definition) is 1. The number of hydrogen-bond acceptors (Lipinski definition) is 7. The molecule has 1 N–H and O–H groups in total. The van der Waals surface area contributed by atoms with Gasteiger partial charge in [-0.3, -0.25) is 14.4 Å². The molecular weight excluding hydrogens is 596 g/mol. The molecule has 47 heavy (non-hydrogen) atoms. The number of rotatable bonds is 13. The first kappa shape index (κ1) is 32.6. The van der Waals surface area contributed by atoms with E-state index in [2.05, 4.69) is 23.5 Å². The first-order valence-corrected chi connectivity index (χ1v) is 16.4. The number of nitrogens with zero attached hydrogens (tertiary/aromatic N) is 6. The summed E-state index contributed by atoms with van der Waals surface area (Å²) in [7, 11) is 0. The average molecular weight is 641 g/mol. The maximum atomic E-state index is 15.0. The van der Waals surface area contributed by atoms with Gasteiger partial charge < -0.3 is 24.5 Å². The molecule has 7 atom stereocenters. The normalized spacial score (nSPS) is 27.4. The summed E-state index contributed by atoms with van der Waals surface area (Å²) >= 11 is 0. The number of carbonyl (C=O) groups is 3. The van der Waals surface area contributed by atoms with Crippen LogP contribution in [0.25, 0.3) is 11.0 Å². The first-order chi connectivity index (χ1) is 22.7. The minimum absolute atomic E-state index is 0.0680. The van der Waals surface area contributed by atoms with Crippen molar-refractivity contribution in [2.24, 2.45) is 17.8 Å². The number of likely N-dealkylation sites (tertiary alicyclic amines) is 1. The van der Waals surface area contributed by atoms with Crippen LogP contribution in [0.5, 0.6) is 0 Å². The Hall–Kier alpha value is -4.35. The van der Waals surface area contributed by atoms with Crippen LogP contribution in [0.15, 0.2) is 79.9 Å². The van der Waals surface area contributed by atoms with Gasteiger partial charge in [0.05, 0.1) is 35.6 Å². The van der Waals surface area contributed by atoms with E-state index in [1.807, 2.05) is 75.4 Å². The van der Waals surface area contributed by atoms with Gasteiger partial charge in [-0.25, -0.2) is 4.68 Å².